The zero-order valence-electron chi connectivity index (χ0n) is 20.8. The Morgan fingerprint density at radius 3 is 2.43 bits per heavy atom. The van der Waals surface area contributed by atoms with Gasteiger partial charge >= 0.3 is 0 Å². The van der Waals surface area contributed by atoms with Gasteiger partial charge in [0, 0.05) is 18.2 Å². The van der Waals surface area contributed by atoms with Crippen molar-refractivity contribution in [3.05, 3.63) is 121 Å². The Bertz CT molecular complexity index is 1170. The highest BCUT2D eigenvalue weighted by Crippen LogP contribution is 2.44. The minimum atomic E-state index is -0.0926. The van der Waals surface area contributed by atoms with Crippen LogP contribution in [-0.2, 0) is 16.8 Å². The first kappa shape index (κ1) is 24.5. The van der Waals surface area contributed by atoms with E-state index in [1.165, 1.54) is 5.56 Å². The lowest BCUT2D eigenvalue weighted by atomic mass is 9.65. The zero-order valence-corrected chi connectivity index (χ0v) is 20.8. The largest absolute Gasteiger partial charge is 0.489 e. The van der Waals surface area contributed by atoms with Gasteiger partial charge in [-0.05, 0) is 53.0 Å². The highest BCUT2D eigenvalue weighted by Gasteiger charge is 2.44. The number of benzene rings is 3. The van der Waals surface area contributed by atoms with Gasteiger partial charge in [0.2, 0.25) is 0 Å². The smallest absolute Gasteiger partial charge is 0.254 e. The molecule has 0 bridgehead atoms. The van der Waals surface area contributed by atoms with Gasteiger partial charge in [0.05, 0.1) is 0 Å². The van der Waals surface area contributed by atoms with Gasteiger partial charge in [0.25, 0.3) is 5.91 Å². The number of ether oxygens (including phenoxy) is 1. The van der Waals surface area contributed by atoms with Crippen LogP contribution in [0.25, 0.3) is 5.57 Å². The minimum absolute atomic E-state index is 0.0110. The molecule has 1 fully saturated rings. The van der Waals surface area contributed by atoms with E-state index < -0.39 is 0 Å². The van der Waals surface area contributed by atoms with Crippen LogP contribution in [0.2, 0.25) is 0 Å². The fourth-order valence-corrected chi connectivity index (χ4v) is 5.12. The van der Waals surface area contributed by atoms with E-state index in [0.717, 1.165) is 29.7 Å². The van der Waals surface area contributed by atoms with Crippen molar-refractivity contribution in [1.29, 1.82) is 0 Å². The predicted molar refractivity (Wildman–Crippen MR) is 144 cm³/mol. The third-order valence-electron chi connectivity index (χ3n) is 7.48. The van der Waals surface area contributed by atoms with Crippen LogP contribution in [-0.4, -0.2) is 23.4 Å². The molecular weight excluding hydrogens is 430 g/mol. The number of rotatable bonds is 8. The van der Waals surface area contributed by atoms with Gasteiger partial charge in [-0.1, -0.05) is 99.3 Å². The molecule has 3 aromatic rings. The van der Waals surface area contributed by atoms with Gasteiger partial charge in [0.1, 0.15) is 12.4 Å². The van der Waals surface area contributed by atoms with Gasteiger partial charge in [-0.15, -0.1) is 6.58 Å². The molecule has 3 heteroatoms. The number of hydrogen-bond donors (Lipinski definition) is 0. The van der Waals surface area contributed by atoms with Crippen molar-refractivity contribution in [3.8, 4) is 5.75 Å². The van der Waals surface area contributed by atoms with Crippen LogP contribution in [0.3, 0.4) is 0 Å². The third kappa shape index (κ3) is 5.40. The molecule has 0 unspecified atom stereocenters. The molecule has 4 rings (SSSR count). The lowest BCUT2D eigenvalue weighted by molar-refractivity contribution is -0.131. The number of carbonyl (C=O) groups excluding carboxylic acids is 1. The Labute approximate surface area is 209 Å². The second kappa shape index (κ2) is 10.8. The molecule has 3 nitrogen and oxygen atoms in total. The van der Waals surface area contributed by atoms with Crippen LogP contribution >= 0.6 is 0 Å². The topological polar surface area (TPSA) is 29.5 Å². The van der Waals surface area contributed by atoms with E-state index in [-0.39, 0.29) is 23.3 Å². The Morgan fingerprint density at radius 1 is 1.06 bits per heavy atom. The van der Waals surface area contributed by atoms with E-state index in [4.69, 9.17) is 4.74 Å². The number of likely N-dealkylation sites (tertiary alicyclic amines) is 1. The fraction of sp³-hybridized carbons (Fsp3) is 0.281. The van der Waals surface area contributed by atoms with Crippen molar-refractivity contribution in [1.82, 2.24) is 4.90 Å². The SMILES string of the molecule is C=CC[C@@H]1C[C@@](C)(c2cccc(OCc3ccccc3)c2)[C@@H](C)CN1C(=O)C(=C)c1ccccc1. The second-order valence-corrected chi connectivity index (χ2v) is 9.81. The number of hydrogen-bond acceptors (Lipinski definition) is 2. The van der Waals surface area contributed by atoms with Crippen molar-refractivity contribution in [3.63, 3.8) is 0 Å². The Hall–Kier alpha value is -3.59. The van der Waals surface area contributed by atoms with Crippen LogP contribution < -0.4 is 4.74 Å². The van der Waals surface area contributed by atoms with Gasteiger partial charge in [-0.25, -0.2) is 0 Å². The van der Waals surface area contributed by atoms with E-state index in [9.17, 15) is 4.79 Å². The molecule has 1 saturated heterocycles. The first-order chi connectivity index (χ1) is 16.9. The van der Waals surface area contributed by atoms with Crippen molar-refractivity contribution in [2.75, 3.05) is 6.54 Å². The summed E-state index contributed by atoms with van der Waals surface area (Å²) in [5.74, 6) is 1.15. The summed E-state index contributed by atoms with van der Waals surface area (Å²) in [4.78, 5) is 15.5. The molecule has 0 aromatic heterocycles. The van der Waals surface area contributed by atoms with E-state index >= 15 is 0 Å². The van der Waals surface area contributed by atoms with Gasteiger partial charge in [-0.2, -0.15) is 0 Å². The predicted octanol–water partition coefficient (Wildman–Crippen LogP) is 7.05. The summed E-state index contributed by atoms with van der Waals surface area (Å²) < 4.78 is 6.13. The van der Waals surface area contributed by atoms with E-state index in [1.807, 2.05) is 65.6 Å². The molecule has 0 radical (unpaired) electrons. The van der Waals surface area contributed by atoms with Crippen LogP contribution in [0, 0.1) is 5.92 Å². The van der Waals surface area contributed by atoms with Gasteiger partial charge in [0.15, 0.2) is 0 Å². The molecule has 180 valence electrons. The van der Waals surface area contributed by atoms with E-state index in [0.29, 0.717) is 18.7 Å². The summed E-state index contributed by atoms with van der Waals surface area (Å²) in [5, 5.41) is 0. The van der Waals surface area contributed by atoms with Gasteiger partial charge in [-0.3, -0.25) is 4.79 Å². The van der Waals surface area contributed by atoms with Crippen LogP contribution in [0.5, 0.6) is 5.75 Å². The maximum absolute atomic E-state index is 13.5. The molecule has 0 aliphatic carbocycles. The number of nitrogens with zero attached hydrogens (tertiary/aromatic N) is 1. The number of piperidine rings is 1. The maximum Gasteiger partial charge on any atom is 0.254 e. The summed E-state index contributed by atoms with van der Waals surface area (Å²) in [6, 6.07) is 28.5. The van der Waals surface area contributed by atoms with Crippen LogP contribution in [0.15, 0.2) is 104 Å². The summed E-state index contributed by atoms with van der Waals surface area (Å²) in [7, 11) is 0. The normalized spacial score (nSPS) is 21.8. The lowest BCUT2D eigenvalue weighted by Crippen LogP contribution is -2.54. The monoisotopic (exact) mass is 465 g/mol. The van der Waals surface area contributed by atoms with Crippen molar-refractivity contribution in [2.24, 2.45) is 5.92 Å². The quantitative estimate of drug-likeness (QED) is 0.263. The molecule has 0 N–H and O–H groups in total. The third-order valence-corrected chi connectivity index (χ3v) is 7.48. The van der Waals surface area contributed by atoms with Crippen molar-refractivity contribution < 1.29 is 9.53 Å². The molecule has 1 amide bonds. The molecule has 1 heterocycles. The first-order valence-electron chi connectivity index (χ1n) is 12.4. The molecule has 3 atom stereocenters. The summed E-state index contributed by atoms with van der Waals surface area (Å²) in [6.45, 7) is 13.9. The fourth-order valence-electron chi connectivity index (χ4n) is 5.12. The van der Waals surface area contributed by atoms with E-state index in [1.54, 1.807) is 0 Å². The minimum Gasteiger partial charge on any atom is -0.489 e. The van der Waals surface area contributed by atoms with Crippen molar-refractivity contribution >= 4 is 11.5 Å². The lowest BCUT2D eigenvalue weighted by Gasteiger charge is -2.49. The maximum atomic E-state index is 13.5. The summed E-state index contributed by atoms with van der Waals surface area (Å²) in [6.07, 6.45) is 3.53. The Kier molecular flexibility index (Phi) is 7.55. The average molecular weight is 466 g/mol. The summed E-state index contributed by atoms with van der Waals surface area (Å²) in [5.41, 5.74) is 3.73. The highest BCUT2D eigenvalue weighted by molar-refractivity contribution is 6.18. The standard InChI is InChI=1S/C32H35NO2/c1-5-13-29-21-32(4,24(2)22-33(29)31(34)25(3)27-16-10-7-11-17-27)28-18-12-19-30(20-28)35-23-26-14-8-6-9-15-26/h5-12,14-20,24,29H,1,3,13,21-23H2,2,4H3/t24-,29+,32+/m0/s1. The molecule has 1 aliphatic heterocycles. The molecular formula is C32H35NO2. The van der Waals surface area contributed by atoms with Crippen LogP contribution in [0.4, 0.5) is 0 Å². The first-order valence-corrected chi connectivity index (χ1v) is 12.4. The molecule has 0 saturated carbocycles. The number of carbonyl (C=O) groups is 1. The molecule has 35 heavy (non-hydrogen) atoms. The Balaban J connectivity index is 1.54. The summed E-state index contributed by atoms with van der Waals surface area (Å²) >= 11 is 0. The highest BCUT2D eigenvalue weighted by atomic mass is 16.5. The molecule has 0 spiro atoms. The van der Waals surface area contributed by atoms with Crippen molar-refractivity contribution in [2.45, 2.75) is 44.8 Å². The van der Waals surface area contributed by atoms with Crippen LogP contribution in [0.1, 0.15) is 43.4 Å². The Morgan fingerprint density at radius 2 is 1.74 bits per heavy atom. The van der Waals surface area contributed by atoms with E-state index in [2.05, 4.69) is 57.3 Å². The van der Waals surface area contributed by atoms with Gasteiger partial charge < -0.3 is 9.64 Å². The second-order valence-electron chi connectivity index (χ2n) is 9.81. The average Bonchev–Trinajstić information content (AvgIpc) is 2.90. The zero-order chi connectivity index (χ0) is 24.8. The molecule has 3 aromatic carbocycles. The number of amides is 1. The molecule has 1 aliphatic rings.